The van der Waals surface area contributed by atoms with Crippen molar-refractivity contribution in [2.24, 2.45) is 5.41 Å². The molecular weight excluding hydrogens is 350 g/mol. The second-order valence-corrected chi connectivity index (χ2v) is 8.18. The van der Waals surface area contributed by atoms with Crippen LogP contribution in [-0.2, 0) is 0 Å². The molecule has 0 aliphatic heterocycles. The Morgan fingerprint density at radius 1 is 0.929 bits per heavy atom. The van der Waals surface area contributed by atoms with Crippen LogP contribution in [0.15, 0.2) is 60.7 Å². The van der Waals surface area contributed by atoms with E-state index in [9.17, 15) is 8.78 Å². The summed E-state index contributed by atoms with van der Waals surface area (Å²) in [4.78, 5) is 0. The molecule has 0 amide bonds. The van der Waals surface area contributed by atoms with E-state index in [0.717, 1.165) is 25.3 Å². The summed E-state index contributed by atoms with van der Waals surface area (Å²) >= 11 is 0. The zero-order valence-corrected chi connectivity index (χ0v) is 17.4. The lowest BCUT2D eigenvalue weighted by atomic mass is 9.72. The van der Waals surface area contributed by atoms with Crippen LogP contribution in [0.4, 0.5) is 8.78 Å². The predicted molar refractivity (Wildman–Crippen MR) is 117 cm³/mol. The van der Waals surface area contributed by atoms with Gasteiger partial charge in [-0.15, -0.1) is 0 Å². The van der Waals surface area contributed by atoms with Crippen LogP contribution in [0.2, 0.25) is 0 Å². The minimum Gasteiger partial charge on any atom is -0.174 e. The van der Waals surface area contributed by atoms with Gasteiger partial charge in [-0.1, -0.05) is 107 Å². The van der Waals surface area contributed by atoms with E-state index >= 15 is 0 Å². The molecule has 1 aromatic carbocycles. The molecule has 2 heteroatoms. The zero-order valence-electron chi connectivity index (χ0n) is 17.4. The third-order valence-corrected chi connectivity index (χ3v) is 5.92. The lowest BCUT2D eigenvalue weighted by Gasteiger charge is -2.32. The maximum absolute atomic E-state index is 12.5. The van der Waals surface area contributed by atoms with Gasteiger partial charge in [0.15, 0.2) is 0 Å². The molecular formula is C26H36F2. The highest BCUT2D eigenvalue weighted by Crippen LogP contribution is 2.41. The average molecular weight is 387 g/mol. The van der Waals surface area contributed by atoms with Crippen molar-refractivity contribution in [2.45, 2.75) is 84.0 Å². The minimum absolute atomic E-state index is 0.0342. The molecule has 0 bridgehead atoms. The summed E-state index contributed by atoms with van der Waals surface area (Å²) in [6.07, 6.45) is 20.1. The van der Waals surface area contributed by atoms with E-state index in [1.165, 1.54) is 62.5 Å². The Bertz CT molecular complexity index is 638. The van der Waals surface area contributed by atoms with Crippen LogP contribution in [0.1, 0.15) is 89.5 Å². The number of unbranched alkanes of at least 4 members (excludes halogenated alkanes) is 7. The molecule has 2 rings (SSSR count). The van der Waals surface area contributed by atoms with E-state index in [4.69, 9.17) is 0 Å². The Morgan fingerprint density at radius 2 is 1.61 bits per heavy atom. The van der Waals surface area contributed by atoms with Crippen LogP contribution in [0, 0.1) is 5.41 Å². The monoisotopic (exact) mass is 386 g/mol. The Labute approximate surface area is 170 Å². The molecule has 0 saturated heterocycles. The molecule has 1 unspecified atom stereocenters. The van der Waals surface area contributed by atoms with E-state index in [2.05, 4.69) is 49.4 Å². The van der Waals surface area contributed by atoms with Crippen molar-refractivity contribution in [3.8, 4) is 0 Å². The van der Waals surface area contributed by atoms with Crippen molar-refractivity contribution >= 4 is 5.57 Å². The van der Waals surface area contributed by atoms with Crippen molar-refractivity contribution in [3.05, 3.63) is 66.3 Å². The normalized spacial score (nSPS) is 18.8. The fourth-order valence-corrected chi connectivity index (χ4v) is 4.14. The van der Waals surface area contributed by atoms with Gasteiger partial charge in [-0.3, -0.25) is 0 Å². The Balaban J connectivity index is 1.86. The molecule has 1 atom stereocenters. The SMILES string of the molecule is CCCCCCCCCCC1(CCC=C(F)F)C=CC(c2ccccc2)=CC1. The van der Waals surface area contributed by atoms with Crippen LogP contribution in [-0.4, -0.2) is 0 Å². The summed E-state index contributed by atoms with van der Waals surface area (Å²) in [5.74, 6) is 0. The van der Waals surface area contributed by atoms with Gasteiger partial charge in [0.1, 0.15) is 0 Å². The second-order valence-electron chi connectivity index (χ2n) is 8.18. The average Bonchev–Trinajstić information content (AvgIpc) is 2.71. The Hall–Kier alpha value is -1.70. The largest absolute Gasteiger partial charge is 0.266 e. The number of halogens is 2. The molecule has 0 heterocycles. The van der Waals surface area contributed by atoms with Crippen LogP contribution in [0.3, 0.4) is 0 Å². The summed E-state index contributed by atoms with van der Waals surface area (Å²) < 4.78 is 25.0. The number of benzene rings is 1. The van der Waals surface area contributed by atoms with Gasteiger partial charge < -0.3 is 0 Å². The van der Waals surface area contributed by atoms with Crippen molar-refractivity contribution in [3.63, 3.8) is 0 Å². The number of rotatable bonds is 13. The maximum Gasteiger partial charge on any atom is 0.266 e. The van der Waals surface area contributed by atoms with Crippen LogP contribution >= 0.6 is 0 Å². The summed E-state index contributed by atoms with van der Waals surface area (Å²) in [5, 5.41) is 0. The summed E-state index contributed by atoms with van der Waals surface area (Å²) in [7, 11) is 0. The first-order chi connectivity index (χ1) is 13.7. The summed E-state index contributed by atoms with van der Waals surface area (Å²) in [6.45, 7) is 2.25. The molecule has 0 nitrogen and oxygen atoms in total. The third kappa shape index (κ3) is 8.12. The van der Waals surface area contributed by atoms with Gasteiger partial charge in [-0.05, 0) is 48.3 Å². The van der Waals surface area contributed by atoms with Crippen molar-refractivity contribution in [2.75, 3.05) is 0 Å². The Morgan fingerprint density at radius 3 is 2.21 bits per heavy atom. The highest BCUT2D eigenvalue weighted by Gasteiger charge is 2.27. The van der Waals surface area contributed by atoms with E-state index in [-0.39, 0.29) is 5.41 Å². The molecule has 1 aliphatic carbocycles. The van der Waals surface area contributed by atoms with Crippen molar-refractivity contribution in [1.29, 1.82) is 0 Å². The number of hydrogen-bond acceptors (Lipinski definition) is 0. The van der Waals surface area contributed by atoms with Gasteiger partial charge in [0, 0.05) is 0 Å². The van der Waals surface area contributed by atoms with Gasteiger partial charge in [0.2, 0.25) is 0 Å². The second kappa shape index (κ2) is 12.7. The first-order valence-electron chi connectivity index (χ1n) is 11.1. The molecule has 0 radical (unpaired) electrons. The zero-order chi connectivity index (χ0) is 20.1. The molecule has 1 aromatic rings. The predicted octanol–water partition coefficient (Wildman–Crippen LogP) is 9.11. The van der Waals surface area contributed by atoms with Crippen LogP contribution in [0.25, 0.3) is 5.57 Å². The molecule has 0 fully saturated rings. The van der Waals surface area contributed by atoms with E-state index < -0.39 is 6.08 Å². The highest BCUT2D eigenvalue weighted by atomic mass is 19.3. The smallest absolute Gasteiger partial charge is 0.174 e. The van der Waals surface area contributed by atoms with E-state index in [1.807, 2.05) is 6.07 Å². The Kier molecular flexibility index (Phi) is 10.2. The van der Waals surface area contributed by atoms with Crippen LogP contribution < -0.4 is 0 Å². The van der Waals surface area contributed by atoms with E-state index in [0.29, 0.717) is 6.42 Å². The molecule has 0 saturated carbocycles. The van der Waals surface area contributed by atoms with E-state index in [1.54, 1.807) is 0 Å². The lowest BCUT2D eigenvalue weighted by molar-refractivity contribution is 0.309. The quantitative estimate of drug-likeness (QED) is 0.296. The topological polar surface area (TPSA) is 0 Å². The number of hydrogen-bond donors (Lipinski definition) is 0. The van der Waals surface area contributed by atoms with Crippen molar-refractivity contribution in [1.82, 2.24) is 0 Å². The number of allylic oxidation sites excluding steroid dienone is 5. The molecule has 28 heavy (non-hydrogen) atoms. The first kappa shape index (κ1) is 22.6. The van der Waals surface area contributed by atoms with Gasteiger partial charge in [-0.25, -0.2) is 0 Å². The maximum atomic E-state index is 12.5. The summed E-state index contributed by atoms with van der Waals surface area (Å²) in [6, 6.07) is 10.4. The third-order valence-electron chi connectivity index (χ3n) is 5.92. The standard InChI is InChI=1S/C26H36F2/c1-2-3-4-5-6-7-8-12-19-26(20-13-16-25(27)28)21-17-24(18-22-26)23-14-10-9-11-15-23/h9-11,14-18,21H,2-8,12-13,19-20,22H2,1H3. The first-order valence-corrected chi connectivity index (χ1v) is 11.1. The lowest BCUT2D eigenvalue weighted by Crippen LogP contribution is -2.19. The van der Waals surface area contributed by atoms with Gasteiger partial charge in [-0.2, -0.15) is 8.78 Å². The molecule has 154 valence electrons. The minimum atomic E-state index is -1.55. The molecule has 0 N–H and O–H groups in total. The highest BCUT2D eigenvalue weighted by molar-refractivity contribution is 5.75. The van der Waals surface area contributed by atoms with Crippen LogP contribution in [0.5, 0.6) is 0 Å². The molecule has 0 aromatic heterocycles. The van der Waals surface area contributed by atoms with Gasteiger partial charge in [0.05, 0.1) is 0 Å². The summed E-state index contributed by atoms with van der Waals surface area (Å²) in [5.41, 5.74) is 2.51. The van der Waals surface area contributed by atoms with Gasteiger partial charge in [0.25, 0.3) is 6.08 Å². The fourth-order valence-electron chi connectivity index (χ4n) is 4.14. The van der Waals surface area contributed by atoms with Gasteiger partial charge >= 0.3 is 0 Å². The fraction of sp³-hybridized carbons (Fsp3) is 0.538. The molecule has 1 aliphatic rings. The van der Waals surface area contributed by atoms with Crippen molar-refractivity contribution < 1.29 is 8.78 Å². The molecule has 0 spiro atoms.